The van der Waals surface area contributed by atoms with E-state index in [9.17, 15) is 0 Å². The summed E-state index contributed by atoms with van der Waals surface area (Å²) in [6.45, 7) is 6.90. The number of rotatable bonds is 6. The van der Waals surface area contributed by atoms with E-state index in [-0.39, 0.29) is 0 Å². The van der Waals surface area contributed by atoms with Gasteiger partial charge in [-0.3, -0.25) is 0 Å². The maximum Gasteiger partial charge on any atom is -0.0294 e. The predicted molar refractivity (Wildman–Crippen MR) is 52.5 cm³/mol. The second-order valence-corrected chi connectivity index (χ2v) is 5.23. The number of hydrogen-bond acceptors (Lipinski definition) is 0. The first-order valence-corrected chi connectivity index (χ1v) is 5.79. The fourth-order valence-corrected chi connectivity index (χ4v) is 1.97. The van der Waals surface area contributed by atoms with Crippen molar-refractivity contribution in [3.63, 3.8) is 0 Å². The molecule has 0 nitrogen and oxygen atoms in total. The SMILES string of the molecule is CCCCCCPC(C)C. The van der Waals surface area contributed by atoms with Gasteiger partial charge in [-0.1, -0.05) is 40.0 Å². The molecule has 0 rings (SSSR count). The normalized spacial score (nSPS) is 12.0. The van der Waals surface area contributed by atoms with Crippen LogP contribution in [0.5, 0.6) is 0 Å². The molecule has 0 saturated heterocycles. The summed E-state index contributed by atoms with van der Waals surface area (Å²) >= 11 is 0. The van der Waals surface area contributed by atoms with E-state index in [1.165, 1.54) is 40.4 Å². The molecule has 1 unspecified atom stereocenters. The largest absolute Gasteiger partial charge is 0.119 e. The van der Waals surface area contributed by atoms with Gasteiger partial charge >= 0.3 is 0 Å². The first kappa shape index (κ1) is 10.4. The van der Waals surface area contributed by atoms with Crippen molar-refractivity contribution in [2.75, 3.05) is 6.16 Å². The third kappa shape index (κ3) is 8.43. The molecule has 0 aromatic carbocycles. The lowest BCUT2D eigenvalue weighted by Crippen LogP contribution is -1.86. The minimum absolute atomic E-state index is 0.932. The molecule has 1 atom stereocenters. The van der Waals surface area contributed by atoms with Gasteiger partial charge in [0.2, 0.25) is 0 Å². The Morgan fingerprint density at radius 3 is 2.30 bits per heavy atom. The van der Waals surface area contributed by atoms with Gasteiger partial charge in [-0.05, 0) is 18.2 Å². The minimum atomic E-state index is 0.932. The lowest BCUT2D eigenvalue weighted by atomic mass is 10.2. The molecule has 1 heteroatoms. The molecule has 0 spiro atoms. The highest BCUT2D eigenvalue weighted by Gasteiger charge is 1.92. The van der Waals surface area contributed by atoms with Crippen molar-refractivity contribution < 1.29 is 0 Å². The third-order valence-electron chi connectivity index (χ3n) is 1.58. The van der Waals surface area contributed by atoms with Crippen molar-refractivity contribution in [2.45, 2.75) is 52.1 Å². The average Bonchev–Trinajstić information content (AvgIpc) is 1.87. The van der Waals surface area contributed by atoms with Crippen LogP contribution < -0.4 is 0 Å². The highest BCUT2D eigenvalue weighted by atomic mass is 31.1. The summed E-state index contributed by atoms with van der Waals surface area (Å²) in [6, 6.07) is 0. The van der Waals surface area contributed by atoms with Crippen molar-refractivity contribution in [1.29, 1.82) is 0 Å². The Morgan fingerprint density at radius 2 is 1.80 bits per heavy atom. The van der Waals surface area contributed by atoms with Gasteiger partial charge in [0.05, 0.1) is 0 Å². The van der Waals surface area contributed by atoms with Gasteiger partial charge in [0, 0.05) is 0 Å². The van der Waals surface area contributed by atoms with Gasteiger partial charge < -0.3 is 0 Å². The summed E-state index contributed by atoms with van der Waals surface area (Å²) in [5.41, 5.74) is 0.932. The molecule has 0 radical (unpaired) electrons. The van der Waals surface area contributed by atoms with Crippen molar-refractivity contribution in [1.82, 2.24) is 0 Å². The lowest BCUT2D eigenvalue weighted by Gasteiger charge is -2.03. The van der Waals surface area contributed by atoms with E-state index < -0.39 is 0 Å². The Bertz CT molecular complexity index is 59.7. The van der Waals surface area contributed by atoms with Crippen molar-refractivity contribution in [3.8, 4) is 0 Å². The molecular formula is C9H21P. The molecule has 0 saturated carbocycles. The fraction of sp³-hybridized carbons (Fsp3) is 1.00. The maximum atomic E-state index is 2.32. The Hall–Kier alpha value is 0.430. The highest BCUT2D eigenvalue weighted by molar-refractivity contribution is 7.38. The van der Waals surface area contributed by atoms with Gasteiger partial charge in [0.1, 0.15) is 0 Å². The topological polar surface area (TPSA) is 0 Å². The van der Waals surface area contributed by atoms with Crippen LogP contribution >= 0.6 is 8.58 Å². The van der Waals surface area contributed by atoms with Crippen LogP contribution in [0, 0.1) is 0 Å². The summed E-state index contributed by atoms with van der Waals surface area (Å²) in [4.78, 5) is 0. The van der Waals surface area contributed by atoms with E-state index in [0.717, 1.165) is 5.66 Å². The molecule has 0 aliphatic carbocycles. The van der Waals surface area contributed by atoms with Gasteiger partial charge in [0.25, 0.3) is 0 Å². The minimum Gasteiger partial charge on any atom is -0.119 e. The van der Waals surface area contributed by atoms with Crippen LogP contribution in [-0.2, 0) is 0 Å². The zero-order valence-corrected chi connectivity index (χ0v) is 8.61. The second kappa shape index (κ2) is 7.54. The monoisotopic (exact) mass is 160 g/mol. The summed E-state index contributed by atoms with van der Waals surface area (Å²) < 4.78 is 0. The van der Waals surface area contributed by atoms with E-state index in [0.29, 0.717) is 0 Å². The van der Waals surface area contributed by atoms with E-state index in [1.54, 1.807) is 0 Å². The standard InChI is InChI=1S/C9H21P/c1-4-5-6-7-8-10-9(2)3/h9-10H,4-8H2,1-3H3. The van der Waals surface area contributed by atoms with Crippen LogP contribution in [-0.4, -0.2) is 11.8 Å². The van der Waals surface area contributed by atoms with E-state index in [1.807, 2.05) is 0 Å². The van der Waals surface area contributed by atoms with Gasteiger partial charge in [-0.25, -0.2) is 0 Å². The molecule has 0 aromatic heterocycles. The fourth-order valence-electron chi connectivity index (χ4n) is 0.943. The Kier molecular flexibility index (Phi) is 7.86. The zero-order chi connectivity index (χ0) is 7.82. The lowest BCUT2D eigenvalue weighted by molar-refractivity contribution is 0.705. The first-order valence-electron chi connectivity index (χ1n) is 4.50. The molecule has 0 aliphatic heterocycles. The van der Waals surface area contributed by atoms with Crippen LogP contribution in [0.4, 0.5) is 0 Å². The predicted octanol–water partition coefficient (Wildman–Crippen LogP) is 3.65. The van der Waals surface area contributed by atoms with Crippen molar-refractivity contribution >= 4 is 8.58 Å². The summed E-state index contributed by atoms with van der Waals surface area (Å²) in [6.07, 6.45) is 7.19. The van der Waals surface area contributed by atoms with Gasteiger partial charge in [-0.2, -0.15) is 0 Å². The van der Waals surface area contributed by atoms with Crippen LogP contribution in [0.25, 0.3) is 0 Å². The smallest absolute Gasteiger partial charge is 0.0294 e. The van der Waals surface area contributed by atoms with Crippen molar-refractivity contribution in [2.24, 2.45) is 0 Å². The van der Waals surface area contributed by atoms with Crippen LogP contribution in [0.2, 0.25) is 0 Å². The number of unbranched alkanes of at least 4 members (excludes halogenated alkanes) is 3. The highest BCUT2D eigenvalue weighted by Crippen LogP contribution is 2.19. The number of hydrogen-bond donors (Lipinski definition) is 0. The van der Waals surface area contributed by atoms with Crippen molar-refractivity contribution in [3.05, 3.63) is 0 Å². The summed E-state index contributed by atoms with van der Waals surface area (Å²) in [5.74, 6) is 0. The quantitative estimate of drug-likeness (QED) is 0.411. The van der Waals surface area contributed by atoms with E-state index >= 15 is 0 Å². The van der Waals surface area contributed by atoms with Crippen LogP contribution in [0.3, 0.4) is 0 Å². The van der Waals surface area contributed by atoms with Crippen LogP contribution in [0.15, 0.2) is 0 Å². The van der Waals surface area contributed by atoms with E-state index in [4.69, 9.17) is 0 Å². The molecule has 0 N–H and O–H groups in total. The molecule has 0 aromatic rings. The van der Waals surface area contributed by atoms with Gasteiger partial charge in [-0.15, -0.1) is 8.58 Å². The molecule has 62 valence electrons. The van der Waals surface area contributed by atoms with Crippen LogP contribution in [0.1, 0.15) is 46.5 Å². The van der Waals surface area contributed by atoms with Gasteiger partial charge in [0.15, 0.2) is 0 Å². The zero-order valence-electron chi connectivity index (χ0n) is 7.61. The second-order valence-electron chi connectivity index (χ2n) is 3.17. The average molecular weight is 160 g/mol. The summed E-state index contributed by atoms with van der Waals surface area (Å²) in [5, 5.41) is 0. The molecule has 10 heavy (non-hydrogen) atoms. The first-order chi connectivity index (χ1) is 4.77. The third-order valence-corrected chi connectivity index (χ3v) is 3.04. The molecule has 0 aliphatic rings. The van der Waals surface area contributed by atoms with E-state index in [2.05, 4.69) is 20.8 Å². The summed E-state index contributed by atoms with van der Waals surface area (Å²) in [7, 11) is 1.20. The molecule has 0 amide bonds. The Balaban J connectivity index is 2.77. The Morgan fingerprint density at radius 1 is 1.10 bits per heavy atom. The molecule has 0 bridgehead atoms. The molecule has 0 fully saturated rings. The maximum absolute atomic E-state index is 2.32. The molecular weight excluding hydrogens is 139 g/mol. The molecule has 0 heterocycles. The Labute approximate surface area is 67.6 Å².